The quantitative estimate of drug-likeness (QED) is 0.209. The van der Waals surface area contributed by atoms with Gasteiger partial charge in [0.1, 0.15) is 5.69 Å². The van der Waals surface area contributed by atoms with E-state index in [2.05, 4.69) is 15.0 Å². The highest BCUT2D eigenvalue weighted by Gasteiger charge is 2.34. The summed E-state index contributed by atoms with van der Waals surface area (Å²) in [7, 11) is 0. The molecule has 0 radical (unpaired) electrons. The monoisotopic (exact) mass is 485 g/mol. The minimum atomic E-state index is -4.57. The van der Waals surface area contributed by atoms with Crippen molar-refractivity contribution < 1.29 is 23.1 Å². The third-order valence-electron chi connectivity index (χ3n) is 6.03. The van der Waals surface area contributed by atoms with Gasteiger partial charge in [0.05, 0.1) is 11.3 Å². The number of nitrogens with one attached hydrogen (secondary N) is 3. The largest absolute Gasteiger partial charge is 0.477 e. The molecule has 5 aromatic rings. The van der Waals surface area contributed by atoms with Crippen molar-refractivity contribution >= 4 is 39.4 Å². The molecule has 3 heterocycles. The zero-order valence-electron chi connectivity index (χ0n) is 18.1. The molecule has 0 aliphatic rings. The van der Waals surface area contributed by atoms with E-state index in [1.54, 1.807) is 36.7 Å². The molecule has 0 atom stereocenters. The molecule has 4 N–H and O–H groups in total. The lowest BCUT2D eigenvalue weighted by molar-refractivity contribution is -0.137. The van der Waals surface area contributed by atoms with Gasteiger partial charge < -0.3 is 20.1 Å². The third kappa shape index (κ3) is 3.37. The Labute approximate surface area is 196 Å². The van der Waals surface area contributed by atoms with E-state index in [4.69, 9.17) is 11.6 Å². The summed E-state index contributed by atoms with van der Waals surface area (Å²) >= 11 is 6.59. The van der Waals surface area contributed by atoms with Crippen LogP contribution in [0.15, 0.2) is 48.8 Å². The molecule has 0 amide bonds. The summed E-state index contributed by atoms with van der Waals surface area (Å²) in [5, 5.41) is 11.7. The molecule has 0 unspecified atom stereocenters. The number of halogens is 4. The molecule has 3 aromatic heterocycles. The summed E-state index contributed by atoms with van der Waals surface area (Å²) in [5.41, 5.74) is 2.16. The number of carbonyl (C=O) groups is 1. The number of H-pyrrole nitrogens is 3. The molecule has 0 saturated carbocycles. The summed E-state index contributed by atoms with van der Waals surface area (Å²) in [6.45, 7) is 3.74. The molecule has 0 spiro atoms. The number of hydrogen-bond acceptors (Lipinski definition) is 1. The Morgan fingerprint density at radius 1 is 0.971 bits per heavy atom. The van der Waals surface area contributed by atoms with Gasteiger partial charge in [0, 0.05) is 55.9 Å². The van der Waals surface area contributed by atoms with Crippen LogP contribution in [0.2, 0.25) is 5.02 Å². The molecule has 9 heteroatoms. The number of benzene rings is 2. The minimum absolute atomic E-state index is 0.129. The first-order valence-corrected chi connectivity index (χ1v) is 10.9. The summed E-state index contributed by atoms with van der Waals surface area (Å²) in [4.78, 5) is 21.2. The van der Waals surface area contributed by atoms with Crippen molar-refractivity contribution in [2.45, 2.75) is 25.9 Å². The van der Waals surface area contributed by atoms with Crippen molar-refractivity contribution in [2.75, 3.05) is 0 Å². The van der Waals surface area contributed by atoms with E-state index < -0.39 is 17.7 Å². The van der Waals surface area contributed by atoms with Crippen LogP contribution in [-0.2, 0) is 6.18 Å². The highest BCUT2D eigenvalue weighted by Crippen LogP contribution is 2.47. The number of carboxylic acid groups (broad SMARTS) is 1. The predicted octanol–water partition coefficient (Wildman–Crippen LogP) is 7.81. The maximum absolute atomic E-state index is 13.7. The van der Waals surface area contributed by atoms with Gasteiger partial charge in [-0.05, 0) is 47.9 Å². The van der Waals surface area contributed by atoms with Gasteiger partial charge in [-0.3, -0.25) is 0 Å². The van der Waals surface area contributed by atoms with Crippen LogP contribution in [0.25, 0.3) is 44.2 Å². The average Bonchev–Trinajstić information content (AvgIpc) is 3.49. The van der Waals surface area contributed by atoms with E-state index in [0.29, 0.717) is 38.3 Å². The first kappa shape index (κ1) is 22.2. The van der Waals surface area contributed by atoms with Crippen LogP contribution in [0.1, 0.15) is 41.4 Å². The number of carboxylic acids is 1. The van der Waals surface area contributed by atoms with E-state index in [0.717, 1.165) is 23.0 Å². The summed E-state index contributed by atoms with van der Waals surface area (Å²) in [5.74, 6) is -1.47. The van der Waals surface area contributed by atoms with Crippen molar-refractivity contribution in [1.82, 2.24) is 15.0 Å². The van der Waals surface area contributed by atoms with Crippen LogP contribution in [0, 0.1) is 0 Å². The van der Waals surface area contributed by atoms with E-state index in [1.165, 1.54) is 0 Å². The first-order valence-electron chi connectivity index (χ1n) is 10.5. The highest BCUT2D eigenvalue weighted by molar-refractivity contribution is 6.35. The molecule has 2 aromatic carbocycles. The lowest BCUT2D eigenvalue weighted by Gasteiger charge is -2.15. The number of aromatic nitrogens is 3. The summed E-state index contributed by atoms with van der Waals surface area (Å²) in [6, 6.07) is 9.05. The van der Waals surface area contributed by atoms with Crippen LogP contribution in [-0.4, -0.2) is 26.0 Å². The molecular formula is C25H19ClF3N3O2. The number of hydrogen-bond donors (Lipinski definition) is 4. The second kappa shape index (κ2) is 7.70. The van der Waals surface area contributed by atoms with Crippen LogP contribution < -0.4 is 0 Å². The van der Waals surface area contributed by atoms with Crippen LogP contribution in [0.3, 0.4) is 0 Å². The Balaban J connectivity index is 1.93. The Bertz CT molecular complexity index is 1570. The molecule has 5 nitrogen and oxygen atoms in total. The molecule has 0 aliphatic carbocycles. The molecule has 5 rings (SSSR count). The van der Waals surface area contributed by atoms with Gasteiger partial charge >= 0.3 is 12.1 Å². The number of fused-ring (bicyclic) bond motifs is 2. The maximum atomic E-state index is 13.7. The van der Waals surface area contributed by atoms with Gasteiger partial charge in [-0.1, -0.05) is 25.4 Å². The molecular weight excluding hydrogens is 467 g/mol. The summed E-state index contributed by atoms with van der Waals surface area (Å²) in [6.07, 6.45) is -1.29. The standard InChI is InChI=1S/C25H19ClF3N3O2/c1-11(2)19-21(20-14-6-8-30-17(14)4-3-16(20)26)23(24(33)34)32-22(19)15-9-12(25(27,28)29)10-18-13(15)5-7-31-18/h3-11,30-32H,1-2H3,(H,33,34). The predicted molar refractivity (Wildman–Crippen MR) is 126 cm³/mol. The van der Waals surface area contributed by atoms with Gasteiger partial charge in [0.2, 0.25) is 0 Å². The smallest absolute Gasteiger partial charge is 0.416 e. The van der Waals surface area contributed by atoms with Crippen molar-refractivity contribution in [3.8, 4) is 22.4 Å². The van der Waals surface area contributed by atoms with Crippen molar-refractivity contribution in [3.05, 3.63) is 70.6 Å². The molecule has 174 valence electrons. The second-order valence-corrected chi connectivity index (χ2v) is 8.85. The fourth-order valence-electron chi connectivity index (χ4n) is 4.62. The highest BCUT2D eigenvalue weighted by atomic mass is 35.5. The van der Waals surface area contributed by atoms with Gasteiger partial charge in [0.25, 0.3) is 0 Å². The lowest BCUT2D eigenvalue weighted by Crippen LogP contribution is -2.05. The molecule has 0 bridgehead atoms. The maximum Gasteiger partial charge on any atom is 0.416 e. The van der Waals surface area contributed by atoms with Crippen molar-refractivity contribution in [1.29, 1.82) is 0 Å². The normalized spacial score (nSPS) is 12.3. The topological polar surface area (TPSA) is 84.7 Å². The van der Waals surface area contributed by atoms with Crippen molar-refractivity contribution in [3.63, 3.8) is 0 Å². The fourth-order valence-corrected chi connectivity index (χ4v) is 4.88. The zero-order chi connectivity index (χ0) is 24.4. The van der Waals surface area contributed by atoms with E-state index in [1.807, 2.05) is 13.8 Å². The minimum Gasteiger partial charge on any atom is -0.477 e. The van der Waals surface area contributed by atoms with Crippen molar-refractivity contribution in [2.24, 2.45) is 0 Å². The van der Waals surface area contributed by atoms with E-state index in [-0.39, 0.29) is 17.2 Å². The Hall–Kier alpha value is -3.65. The molecule has 0 fully saturated rings. The Morgan fingerprint density at radius 2 is 1.65 bits per heavy atom. The van der Waals surface area contributed by atoms with Gasteiger partial charge in [-0.2, -0.15) is 13.2 Å². The average molecular weight is 486 g/mol. The second-order valence-electron chi connectivity index (χ2n) is 8.45. The molecule has 0 aliphatic heterocycles. The molecule has 34 heavy (non-hydrogen) atoms. The lowest BCUT2D eigenvalue weighted by atomic mass is 9.88. The van der Waals surface area contributed by atoms with Crippen LogP contribution in [0.5, 0.6) is 0 Å². The van der Waals surface area contributed by atoms with Gasteiger partial charge in [0.15, 0.2) is 0 Å². The number of alkyl halides is 3. The number of rotatable bonds is 4. The Kier molecular flexibility index (Phi) is 5.02. The summed E-state index contributed by atoms with van der Waals surface area (Å²) < 4.78 is 41.1. The fraction of sp³-hybridized carbons (Fsp3) is 0.160. The van der Waals surface area contributed by atoms with E-state index >= 15 is 0 Å². The number of aromatic amines is 3. The Morgan fingerprint density at radius 3 is 2.29 bits per heavy atom. The third-order valence-corrected chi connectivity index (χ3v) is 6.34. The number of aromatic carboxylic acids is 1. The molecule has 0 saturated heterocycles. The SMILES string of the molecule is CC(C)c1c(-c2cc(C(F)(F)F)cc3[nH]ccc23)[nH]c(C(=O)O)c1-c1c(Cl)ccc2[nH]ccc12. The zero-order valence-corrected chi connectivity index (χ0v) is 18.8. The van der Waals surface area contributed by atoms with Gasteiger partial charge in [-0.25, -0.2) is 4.79 Å². The van der Waals surface area contributed by atoms with E-state index in [9.17, 15) is 23.1 Å². The van der Waals surface area contributed by atoms with Crippen LogP contribution in [0.4, 0.5) is 13.2 Å². The van der Waals surface area contributed by atoms with Crippen LogP contribution >= 0.6 is 11.6 Å². The van der Waals surface area contributed by atoms with Gasteiger partial charge in [-0.15, -0.1) is 0 Å². The first-order chi connectivity index (χ1) is 16.1.